The fourth-order valence-corrected chi connectivity index (χ4v) is 4.13. The molecule has 3 aromatic carbocycles. The molecule has 0 aliphatic heterocycles. The molecule has 0 amide bonds. The van der Waals surface area contributed by atoms with Gasteiger partial charge < -0.3 is 18.9 Å². The van der Waals surface area contributed by atoms with E-state index in [4.69, 9.17) is 18.9 Å². The van der Waals surface area contributed by atoms with Gasteiger partial charge in [0.25, 0.3) is 0 Å². The van der Waals surface area contributed by atoms with E-state index in [1.165, 1.54) is 0 Å². The number of para-hydroxylation sites is 1. The zero-order valence-corrected chi connectivity index (χ0v) is 24.5. The zero-order valence-electron chi connectivity index (χ0n) is 24.5. The van der Waals surface area contributed by atoms with Crippen LogP contribution in [0.3, 0.4) is 0 Å². The minimum atomic E-state index is -0.516. The number of hydrogen-bond acceptors (Lipinski definition) is 5. The lowest BCUT2D eigenvalue weighted by molar-refractivity contribution is 0.0722. The number of ether oxygens (including phenoxy) is 4. The van der Waals surface area contributed by atoms with Gasteiger partial charge in [-0.2, -0.15) is 0 Å². The molecule has 0 saturated carbocycles. The third kappa shape index (κ3) is 7.09. The lowest BCUT2D eigenvalue weighted by atomic mass is 10.00. The maximum absolute atomic E-state index is 13.6. The lowest BCUT2D eigenvalue weighted by Gasteiger charge is -2.21. The predicted molar refractivity (Wildman–Crippen MR) is 154 cm³/mol. The Labute approximate surface area is 228 Å². The van der Waals surface area contributed by atoms with Gasteiger partial charge in [0, 0.05) is 0 Å². The fraction of sp³-hybridized carbons (Fsp3) is 0.424. The van der Waals surface area contributed by atoms with Crippen molar-refractivity contribution in [3.8, 4) is 28.7 Å². The number of hydrogen-bond donors (Lipinski definition) is 0. The van der Waals surface area contributed by atoms with Crippen LogP contribution in [0.25, 0.3) is 0 Å². The van der Waals surface area contributed by atoms with Crippen LogP contribution in [0.2, 0.25) is 0 Å². The zero-order chi connectivity index (χ0) is 28.1. The Morgan fingerprint density at radius 1 is 0.632 bits per heavy atom. The summed E-state index contributed by atoms with van der Waals surface area (Å²) in [4.78, 5) is 13.6. The Morgan fingerprint density at radius 3 is 1.61 bits per heavy atom. The normalized spacial score (nSPS) is 11.4. The first-order chi connectivity index (χ1) is 17.9. The van der Waals surface area contributed by atoms with Crippen molar-refractivity contribution in [3.05, 3.63) is 76.3 Å². The van der Waals surface area contributed by atoms with Gasteiger partial charge >= 0.3 is 5.97 Å². The van der Waals surface area contributed by atoms with E-state index in [1.54, 1.807) is 18.2 Å². The second kappa shape index (κ2) is 12.4. The molecule has 38 heavy (non-hydrogen) atoms. The average Bonchev–Trinajstić information content (AvgIpc) is 2.82. The molecule has 0 unspecified atom stereocenters. The molecule has 0 heterocycles. The van der Waals surface area contributed by atoms with Crippen LogP contribution in [-0.2, 0) is 0 Å². The Balaban J connectivity index is 2.03. The van der Waals surface area contributed by atoms with Crippen LogP contribution in [0.15, 0.2) is 48.5 Å². The number of benzene rings is 3. The highest BCUT2D eigenvalue weighted by Crippen LogP contribution is 2.40. The lowest BCUT2D eigenvalue weighted by Crippen LogP contribution is -2.14. The highest BCUT2D eigenvalue weighted by Gasteiger charge is 2.22. The maximum Gasteiger partial charge on any atom is 0.347 e. The van der Waals surface area contributed by atoms with Gasteiger partial charge in [0.2, 0.25) is 0 Å². The Bertz CT molecular complexity index is 1270. The molecule has 0 atom stereocenters. The standard InChI is InChI=1S/C33H42O5/c1-19(2)25-15-23(9)31(35-21(5)6)29(17-25)37-28-14-12-11-13-27(28)33(34)38-30-18-26(20(3)4)16-24(10)32(30)36-22(7)8/h11-22H,1-10H3. The molecule has 0 aliphatic rings. The quantitative estimate of drug-likeness (QED) is 0.198. The van der Waals surface area contributed by atoms with Crippen molar-refractivity contribution >= 4 is 5.97 Å². The van der Waals surface area contributed by atoms with E-state index in [2.05, 4.69) is 39.8 Å². The summed E-state index contributed by atoms with van der Waals surface area (Å²) in [6, 6.07) is 15.2. The van der Waals surface area contributed by atoms with Gasteiger partial charge in [0.1, 0.15) is 11.3 Å². The molecule has 0 aliphatic carbocycles. The molecule has 0 N–H and O–H groups in total. The molecular weight excluding hydrogens is 476 g/mol. The van der Waals surface area contributed by atoms with Crippen molar-refractivity contribution in [1.29, 1.82) is 0 Å². The van der Waals surface area contributed by atoms with Crippen molar-refractivity contribution in [2.75, 3.05) is 0 Å². The number of rotatable bonds is 10. The molecule has 0 saturated heterocycles. The Kier molecular flexibility index (Phi) is 9.48. The Morgan fingerprint density at radius 2 is 1.11 bits per heavy atom. The number of carbonyl (C=O) groups is 1. The van der Waals surface area contributed by atoms with E-state index in [1.807, 2.05) is 59.7 Å². The van der Waals surface area contributed by atoms with Gasteiger partial charge in [-0.3, -0.25) is 0 Å². The monoisotopic (exact) mass is 518 g/mol. The van der Waals surface area contributed by atoms with E-state index in [0.29, 0.717) is 40.2 Å². The molecule has 5 heteroatoms. The van der Waals surface area contributed by atoms with Crippen LogP contribution in [0, 0.1) is 13.8 Å². The maximum atomic E-state index is 13.6. The summed E-state index contributed by atoms with van der Waals surface area (Å²) in [5, 5.41) is 0. The second-order valence-electron chi connectivity index (χ2n) is 11.0. The van der Waals surface area contributed by atoms with E-state index in [-0.39, 0.29) is 18.1 Å². The first-order valence-electron chi connectivity index (χ1n) is 13.5. The molecule has 0 bridgehead atoms. The summed E-state index contributed by atoms with van der Waals surface area (Å²) in [5.74, 6) is 2.68. The van der Waals surface area contributed by atoms with Crippen LogP contribution in [-0.4, -0.2) is 18.2 Å². The Hall–Kier alpha value is -3.47. The van der Waals surface area contributed by atoms with Gasteiger partial charge in [0.05, 0.1) is 12.2 Å². The first kappa shape index (κ1) is 29.1. The van der Waals surface area contributed by atoms with Gasteiger partial charge in [-0.25, -0.2) is 4.79 Å². The smallest absolute Gasteiger partial charge is 0.347 e. The third-order valence-electron chi connectivity index (χ3n) is 6.10. The van der Waals surface area contributed by atoms with Crippen LogP contribution in [0.4, 0.5) is 0 Å². The van der Waals surface area contributed by atoms with Crippen molar-refractivity contribution in [3.63, 3.8) is 0 Å². The molecule has 204 valence electrons. The third-order valence-corrected chi connectivity index (χ3v) is 6.10. The number of aryl methyl sites for hydroxylation is 2. The molecule has 0 fully saturated rings. The van der Waals surface area contributed by atoms with Crippen molar-refractivity contribution in [2.45, 2.75) is 93.3 Å². The molecule has 3 aromatic rings. The van der Waals surface area contributed by atoms with E-state index in [9.17, 15) is 4.79 Å². The van der Waals surface area contributed by atoms with Crippen LogP contribution < -0.4 is 18.9 Å². The molecule has 3 rings (SSSR count). The average molecular weight is 519 g/mol. The second-order valence-corrected chi connectivity index (χ2v) is 11.0. The van der Waals surface area contributed by atoms with Crippen LogP contribution >= 0.6 is 0 Å². The topological polar surface area (TPSA) is 54.0 Å². The van der Waals surface area contributed by atoms with Gasteiger partial charge in [-0.15, -0.1) is 0 Å². The summed E-state index contributed by atoms with van der Waals surface area (Å²) in [6.45, 7) is 20.3. The van der Waals surface area contributed by atoms with Crippen molar-refractivity contribution in [1.82, 2.24) is 0 Å². The van der Waals surface area contributed by atoms with Crippen LogP contribution in [0.5, 0.6) is 28.7 Å². The summed E-state index contributed by atoms with van der Waals surface area (Å²) >= 11 is 0. The van der Waals surface area contributed by atoms with E-state index < -0.39 is 5.97 Å². The van der Waals surface area contributed by atoms with Gasteiger partial charge in [0.15, 0.2) is 23.0 Å². The summed E-state index contributed by atoms with van der Waals surface area (Å²) < 4.78 is 24.6. The molecule has 0 radical (unpaired) electrons. The summed E-state index contributed by atoms with van der Waals surface area (Å²) in [5.41, 5.74) is 4.43. The molecule has 0 spiro atoms. The molecule has 0 aromatic heterocycles. The first-order valence-corrected chi connectivity index (χ1v) is 13.5. The highest BCUT2D eigenvalue weighted by molar-refractivity contribution is 5.94. The van der Waals surface area contributed by atoms with Crippen LogP contribution in [0.1, 0.15) is 99.8 Å². The van der Waals surface area contributed by atoms with Gasteiger partial charge in [-0.1, -0.05) is 52.0 Å². The predicted octanol–water partition coefficient (Wildman–Crippen LogP) is 9.14. The molecular formula is C33H42O5. The minimum absolute atomic E-state index is 0.0305. The van der Waals surface area contributed by atoms with E-state index in [0.717, 1.165) is 22.3 Å². The van der Waals surface area contributed by atoms with Gasteiger partial charge in [-0.05, 0) is 99.9 Å². The molecule has 5 nitrogen and oxygen atoms in total. The number of carbonyl (C=O) groups excluding carboxylic acids is 1. The fourth-order valence-electron chi connectivity index (χ4n) is 4.13. The largest absolute Gasteiger partial charge is 0.487 e. The van der Waals surface area contributed by atoms with Crippen molar-refractivity contribution < 1.29 is 23.7 Å². The number of esters is 1. The SMILES string of the molecule is Cc1cc(C(C)C)cc(OC(=O)c2ccccc2Oc2cc(C(C)C)cc(C)c2OC(C)C)c1OC(C)C. The van der Waals surface area contributed by atoms with Crippen molar-refractivity contribution in [2.24, 2.45) is 0 Å². The summed E-state index contributed by atoms with van der Waals surface area (Å²) in [6.07, 6.45) is -0.0977. The van der Waals surface area contributed by atoms with E-state index >= 15 is 0 Å². The summed E-state index contributed by atoms with van der Waals surface area (Å²) in [7, 11) is 0. The highest BCUT2D eigenvalue weighted by atomic mass is 16.6. The minimum Gasteiger partial charge on any atom is -0.487 e.